The molecule has 0 unspecified atom stereocenters. The monoisotopic (exact) mass is 539 g/mol. The first-order valence-corrected chi connectivity index (χ1v) is 14.7. The standard InChI is InChI=1S/C30H45N5O4/c1-32(2)30(25-9-4-3-5-10-25)14-12-29(13-15-30)23-34(28(38)35(29)21-24-7-6-8-24)22-26(36)31-16-11-27(37)33-17-19-39-20-18-33/h3-5,9-10,24H,6-8,11-23H2,1-2H3,(H,31,36)/t29-,30-. The van der Waals surface area contributed by atoms with Crippen molar-refractivity contribution in [1.29, 1.82) is 0 Å². The van der Waals surface area contributed by atoms with Crippen LogP contribution in [0.4, 0.5) is 4.79 Å². The zero-order valence-electron chi connectivity index (χ0n) is 23.7. The van der Waals surface area contributed by atoms with E-state index in [4.69, 9.17) is 4.74 Å². The van der Waals surface area contributed by atoms with E-state index in [1.807, 2.05) is 0 Å². The molecule has 2 saturated heterocycles. The van der Waals surface area contributed by atoms with Crippen molar-refractivity contribution >= 4 is 17.8 Å². The van der Waals surface area contributed by atoms with Crippen LogP contribution in [0.2, 0.25) is 0 Å². The fourth-order valence-electron chi connectivity index (χ4n) is 7.02. The highest BCUT2D eigenvalue weighted by molar-refractivity contribution is 5.86. The lowest BCUT2D eigenvalue weighted by molar-refractivity contribution is -0.135. The number of amides is 4. The van der Waals surface area contributed by atoms with Crippen molar-refractivity contribution in [2.45, 2.75) is 62.4 Å². The molecule has 39 heavy (non-hydrogen) atoms. The van der Waals surface area contributed by atoms with E-state index < -0.39 is 0 Å². The zero-order chi connectivity index (χ0) is 27.5. The number of carbonyl (C=O) groups excluding carboxylic acids is 3. The number of morpholine rings is 1. The number of ether oxygens (including phenoxy) is 1. The van der Waals surface area contributed by atoms with Gasteiger partial charge in [-0.05, 0) is 64.1 Å². The number of hydrogen-bond donors (Lipinski definition) is 1. The van der Waals surface area contributed by atoms with Crippen molar-refractivity contribution in [3.8, 4) is 0 Å². The molecule has 1 N–H and O–H groups in total. The second-order valence-corrected chi connectivity index (χ2v) is 12.2. The Labute approximate surface area is 232 Å². The smallest absolute Gasteiger partial charge is 0.321 e. The Morgan fingerprint density at radius 2 is 1.74 bits per heavy atom. The van der Waals surface area contributed by atoms with Crippen molar-refractivity contribution in [2.24, 2.45) is 5.92 Å². The van der Waals surface area contributed by atoms with Crippen LogP contribution >= 0.6 is 0 Å². The van der Waals surface area contributed by atoms with Gasteiger partial charge in [-0.15, -0.1) is 0 Å². The molecule has 0 radical (unpaired) electrons. The molecule has 9 nitrogen and oxygen atoms in total. The lowest BCUT2D eigenvalue weighted by atomic mass is 9.68. The van der Waals surface area contributed by atoms with Crippen molar-refractivity contribution in [3.05, 3.63) is 35.9 Å². The Kier molecular flexibility index (Phi) is 8.47. The Morgan fingerprint density at radius 1 is 1.05 bits per heavy atom. The molecule has 214 valence electrons. The Hall–Kier alpha value is -2.65. The van der Waals surface area contributed by atoms with Crippen LogP contribution < -0.4 is 5.32 Å². The summed E-state index contributed by atoms with van der Waals surface area (Å²) < 4.78 is 5.31. The van der Waals surface area contributed by atoms with E-state index in [0.29, 0.717) is 38.8 Å². The molecule has 1 aromatic carbocycles. The van der Waals surface area contributed by atoms with Crippen molar-refractivity contribution < 1.29 is 19.1 Å². The molecule has 2 aliphatic heterocycles. The van der Waals surface area contributed by atoms with Crippen LogP contribution in [-0.2, 0) is 19.9 Å². The Balaban J connectivity index is 1.22. The molecule has 2 aliphatic carbocycles. The predicted molar refractivity (Wildman–Crippen MR) is 149 cm³/mol. The molecule has 1 aromatic rings. The highest BCUT2D eigenvalue weighted by Gasteiger charge is 2.55. The van der Waals surface area contributed by atoms with E-state index in [-0.39, 0.29) is 48.4 Å². The zero-order valence-corrected chi connectivity index (χ0v) is 23.7. The minimum atomic E-state index is -0.229. The van der Waals surface area contributed by atoms with Gasteiger partial charge in [0.25, 0.3) is 0 Å². The molecule has 2 heterocycles. The number of rotatable bonds is 9. The van der Waals surface area contributed by atoms with E-state index in [2.05, 4.69) is 59.5 Å². The van der Waals surface area contributed by atoms with E-state index >= 15 is 0 Å². The maximum atomic E-state index is 13.7. The first-order valence-electron chi connectivity index (χ1n) is 14.7. The van der Waals surface area contributed by atoms with Gasteiger partial charge in [-0.3, -0.25) is 14.5 Å². The van der Waals surface area contributed by atoms with Crippen LogP contribution in [0.25, 0.3) is 0 Å². The van der Waals surface area contributed by atoms with Crippen LogP contribution in [0.3, 0.4) is 0 Å². The molecule has 0 bridgehead atoms. The molecule has 5 rings (SSSR count). The number of benzene rings is 1. The molecule has 4 amide bonds. The third-order valence-corrected chi connectivity index (χ3v) is 9.76. The average molecular weight is 540 g/mol. The second-order valence-electron chi connectivity index (χ2n) is 12.2. The third kappa shape index (κ3) is 5.80. The first kappa shape index (κ1) is 27.9. The summed E-state index contributed by atoms with van der Waals surface area (Å²) in [4.78, 5) is 47.0. The fraction of sp³-hybridized carbons (Fsp3) is 0.700. The van der Waals surface area contributed by atoms with Crippen LogP contribution in [0.15, 0.2) is 30.3 Å². The van der Waals surface area contributed by atoms with Crippen LogP contribution in [-0.4, -0.2) is 110 Å². The summed E-state index contributed by atoms with van der Waals surface area (Å²) in [6, 6.07) is 10.7. The molecule has 4 aliphatic rings. The topological polar surface area (TPSA) is 85.4 Å². The second kappa shape index (κ2) is 11.8. The fourth-order valence-corrected chi connectivity index (χ4v) is 7.02. The Morgan fingerprint density at radius 3 is 2.36 bits per heavy atom. The summed E-state index contributed by atoms with van der Waals surface area (Å²) in [6.45, 7) is 4.06. The lowest BCUT2D eigenvalue weighted by Crippen LogP contribution is -2.56. The first-order chi connectivity index (χ1) is 18.8. The van der Waals surface area contributed by atoms with Crippen molar-refractivity contribution in [3.63, 3.8) is 0 Å². The average Bonchev–Trinajstić information content (AvgIpc) is 3.17. The third-order valence-electron chi connectivity index (χ3n) is 9.76. The predicted octanol–water partition coefficient (Wildman–Crippen LogP) is 2.66. The van der Waals surface area contributed by atoms with E-state index in [1.165, 1.54) is 24.8 Å². The largest absolute Gasteiger partial charge is 0.378 e. The highest BCUT2D eigenvalue weighted by atomic mass is 16.5. The Bertz CT molecular complexity index is 1010. The normalized spacial score (nSPS) is 27.8. The van der Waals surface area contributed by atoms with Crippen LogP contribution in [0, 0.1) is 5.92 Å². The minimum Gasteiger partial charge on any atom is -0.378 e. The molecular weight excluding hydrogens is 494 g/mol. The van der Waals surface area contributed by atoms with Crippen molar-refractivity contribution in [1.82, 2.24) is 24.9 Å². The maximum Gasteiger partial charge on any atom is 0.321 e. The molecule has 0 aromatic heterocycles. The molecular formula is C30H45N5O4. The summed E-state index contributed by atoms with van der Waals surface area (Å²) in [7, 11) is 4.33. The number of hydrogen-bond acceptors (Lipinski definition) is 5. The van der Waals surface area contributed by atoms with Gasteiger partial charge in [0, 0.05) is 44.7 Å². The summed E-state index contributed by atoms with van der Waals surface area (Å²) in [5.41, 5.74) is 1.06. The van der Waals surface area contributed by atoms with Gasteiger partial charge in [0.2, 0.25) is 11.8 Å². The van der Waals surface area contributed by atoms with Gasteiger partial charge < -0.3 is 24.8 Å². The molecule has 4 fully saturated rings. The number of nitrogens with one attached hydrogen (secondary N) is 1. The van der Waals surface area contributed by atoms with Gasteiger partial charge in [0.15, 0.2) is 0 Å². The summed E-state index contributed by atoms with van der Waals surface area (Å²) in [6.07, 6.45) is 7.67. The SMILES string of the molecule is CN(C)[C@]1(c2ccccc2)CC[C@@]2(CC1)CN(CC(=O)NCCC(=O)N1CCOCC1)C(=O)N2CC1CCC1. The summed E-state index contributed by atoms with van der Waals surface area (Å²) in [5, 5.41) is 2.88. The lowest BCUT2D eigenvalue weighted by Gasteiger charge is -2.51. The molecule has 9 heteroatoms. The highest BCUT2D eigenvalue weighted by Crippen LogP contribution is 2.49. The van der Waals surface area contributed by atoms with Gasteiger partial charge in [0.1, 0.15) is 6.54 Å². The van der Waals surface area contributed by atoms with E-state index in [1.54, 1.807) is 9.80 Å². The van der Waals surface area contributed by atoms with Gasteiger partial charge >= 0.3 is 6.03 Å². The maximum absolute atomic E-state index is 13.7. The van der Waals surface area contributed by atoms with Crippen LogP contribution in [0.5, 0.6) is 0 Å². The molecule has 2 saturated carbocycles. The molecule has 1 spiro atoms. The van der Waals surface area contributed by atoms with Gasteiger partial charge in [0.05, 0.1) is 18.8 Å². The van der Waals surface area contributed by atoms with E-state index in [9.17, 15) is 14.4 Å². The summed E-state index contributed by atoms with van der Waals surface area (Å²) >= 11 is 0. The van der Waals surface area contributed by atoms with Gasteiger partial charge in [-0.2, -0.15) is 0 Å². The summed E-state index contributed by atoms with van der Waals surface area (Å²) in [5.74, 6) is 0.411. The van der Waals surface area contributed by atoms with Gasteiger partial charge in [-0.25, -0.2) is 4.79 Å². The molecule has 0 atom stereocenters. The van der Waals surface area contributed by atoms with E-state index in [0.717, 1.165) is 32.2 Å². The van der Waals surface area contributed by atoms with Gasteiger partial charge in [-0.1, -0.05) is 36.8 Å². The minimum absolute atomic E-state index is 0.00138. The quantitative estimate of drug-likeness (QED) is 0.522. The number of nitrogens with zero attached hydrogens (tertiary/aromatic N) is 4. The van der Waals surface area contributed by atoms with Crippen LogP contribution in [0.1, 0.15) is 56.9 Å². The number of urea groups is 1. The number of carbonyl (C=O) groups is 3. The van der Waals surface area contributed by atoms with Crippen molar-refractivity contribution in [2.75, 3.05) is 66.6 Å².